The van der Waals surface area contributed by atoms with Crippen molar-refractivity contribution in [2.45, 2.75) is 24.8 Å². The molecule has 4 heterocycles. The van der Waals surface area contributed by atoms with E-state index in [0.717, 1.165) is 16.5 Å². The Morgan fingerprint density at radius 3 is 2.84 bits per heavy atom. The number of hydrogen-bond acceptors (Lipinski definition) is 8. The van der Waals surface area contributed by atoms with Gasteiger partial charge in [-0.25, -0.2) is 4.98 Å². The van der Waals surface area contributed by atoms with Crippen molar-refractivity contribution in [3.63, 3.8) is 0 Å². The van der Waals surface area contributed by atoms with E-state index in [4.69, 9.17) is 15.8 Å². The smallest absolute Gasteiger partial charge is 0.146 e. The third-order valence-corrected chi connectivity index (χ3v) is 5.73. The van der Waals surface area contributed by atoms with Gasteiger partial charge in [-0.3, -0.25) is 9.67 Å². The summed E-state index contributed by atoms with van der Waals surface area (Å²) in [5.41, 5.74) is 8.88. The first kappa shape index (κ1) is 18.6. The number of hydrogen-bond donors (Lipinski definition) is 1. The Labute approximate surface area is 177 Å². The van der Waals surface area contributed by atoms with Gasteiger partial charge in [0.15, 0.2) is 0 Å². The lowest BCUT2D eigenvalue weighted by Crippen LogP contribution is -2.46. The predicted molar refractivity (Wildman–Crippen MR) is 113 cm³/mol. The molecule has 4 aromatic heterocycles. The van der Waals surface area contributed by atoms with Crippen molar-refractivity contribution in [1.29, 1.82) is 10.5 Å². The summed E-state index contributed by atoms with van der Waals surface area (Å²) < 4.78 is 1.82. The molecule has 1 aliphatic rings. The van der Waals surface area contributed by atoms with Gasteiger partial charge in [0.05, 0.1) is 47.4 Å². The Bertz CT molecular complexity index is 1370. The van der Waals surface area contributed by atoms with E-state index in [1.807, 2.05) is 35.1 Å². The van der Waals surface area contributed by atoms with Gasteiger partial charge in [-0.05, 0) is 43.2 Å². The molecule has 150 valence electrons. The number of nitrogen functional groups attached to an aromatic ring is 1. The van der Waals surface area contributed by atoms with Crippen LogP contribution in [0.5, 0.6) is 0 Å². The molecule has 9 nitrogen and oxygen atoms in total. The van der Waals surface area contributed by atoms with Crippen LogP contribution in [0.2, 0.25) is 0 Å². The number of nitrogens with zero attached hydrogens (tertiary/aromatic N) is 8. The van der Waals surface area contributed by atoms with Gasteiger partial charge in [0, 0.05) is 23.3 Å². The molecule has 0 atom stereocenters. The Morgan fingerprint density at radius 2 is 2.06 bits per heavy atom. The zero-order valence-corrected chi connectivity index (χ0v) is 16.5. The quantitative estimate of drug-likeness (QED) is 0.543. The van der Waals surface area contributed by atoms with Crippen LogP contribution in [0.1, 0.15) is 19.3 Å². The van der Waals surface area contributed by atoms with E-state index < -0.39 is 5.54 Å². The van der Waals surface area contributed by atoms with Crippen molar-refractivity contribution in [2.75, 3.05) is 5.73 Å². The molecule has 0 spiro atoms. The fraction of sp³-hybridized carbons (Fsp3) is 0.227. The number of pyridine rings is 2. The fourth-order valence-corrected chi connectivity index (χ4v) is 4.16. The molecule has 1 saturated carbocycles. The van der Waals surface area contributed by atoms with Gasteiger partial charge in [0.1, 0.15) is 17.2 Å². The SMILES string of the molecule is N#CCC1(n2ccc(-c3nc(-c4cnnc(N)c4)cc4ncccc34)n2)CC(C#N)C1. The first-order valence-electron chi connectivity index (χ1n) is 9.79. The molecule has 0 amide bonds. The molecule has 0 saturated heterocycles. The van der Waals surface area contributed by atoms with Crippen LogP contribution >= 0.6 is 0 Å². The summed E-state index contributed by atoms with van der Waals surface area (Å²) in [5, 5.41) is 31.9. The van der Waals surface area contributed by atoms with E-state index in [-0.39, 0.29) is 5.92 Å². The molecule has 4 aromatic rings. The summed E-state index contributed by atoms with van der Waals surface area (Å²) in [7, 11) is 0. The molecule has 1 fully saturated rings. The fourth-order valence-electron chi connectivity index (χ4n) is 4.16. The van der Waals surface area contributed by atoms with Crippen molar-refractivity contribution in [2.24, 2.45) is 5.92 Å². The minimum Gasteiger partial charge on any atom is -0.382 e. The predicted octanol–water partition coefficient (Wildman–Crippen LogP) is 3.08. The van der Waals surface area contributed by atoms with E-state index in [1.165, 1.54) is 0 Å². The number of nitrogens with two attached hydrogens (primary N) is 1. The van der Waals surface area contributed by atoms with Gasteiger partial charge in [0.2, 0.25) is 0 Å². The normalized spacial score (nSPS) is 20.0. The highest BCUT2D eigenvalue weighted by atomic mass is 15.3. The Kier molecular flexibility index (Phi) is 4.30. The van der Waals surface area contributed by atoms with E-state index in [0.29, 0.717) is 42.2 Å². The van der Waals surface area contributed by atoms with Crippen LogP contribution < -0.4 is 5.73 Å². The number of nitriles is 2. The maximum atomic E-state index is 9.32. The molecular formula is C22H17N9. The van der Waals surface area contributed by atoms with Gasteiger partial charge in [0.25, 0.3) is 0 Å². The van der Waals surface area contributed by atoms with Crippen molar-refractivity contribution >= 4 is 16.7 Å². The van der Waals surface area contributed by atoms with Gasteiger partial charge in [-0.1, -0.05) is 0 Å². The van der Waals surface area contributed by atoms with Crippen LogP contribution in [-0.4, -0.2) is 29.9 Å². The van der Waals surface area contributed by atoms with Crippen LogP contribution in [0.15, 0.2) is 48.9 Å². The van der Waals surface area contributed by atoms with Gasteiger partial charge >= 0.3 is 0 Å². The lowest BCUT2D eigenvalue weighted by atomic mass is 9.67. The van der Waals surface area contributed by atoms with Crippen LogP contribution in [-0.2, 0) is 5.54 Å². The summed E-state index contributed by atoms with van der Waals surface area (Å²) in [6, 6.07) is 13.8. The van der Waals surface area contributed by atoms with Gasteiger partial charge in [-0.2, -0.15) is 20.7 Å². The molecular weight excluding hydrogens is 390 g/mol. The molecule has 31 heavy (non-hydrogen) atoms. The van der Waals surface area contributed by atoms with Crippen LogP contribution in [0.4, 0.5) is 5.82 Å². The average Bonchev–Trinajstić information content (AvgIpc) is 3.25. The number of aromatic nitrogens is 6. The summed E-state index contributed by atoms with van der Waals surface area (Å²) in [5.74, 6) is 0.263. The minimum absolute atomic E-state index is 0.0443. The summed E-state index contributed by atoms with van der Waals surface area (Å²) in [6.07, 6.45) is 6.75. The lowest BCUT2D eigenvalue weighted by molar-refractivity contribution is 0.0884. The summed E-state index contributed by atoms with van der Waals surface area (Å²) in [4.78, 5) is 9.33. The highest BCUT2D eigenvalue weighted by molar-refractivity contribution is 5.93. The second kappa shape index (κ2) is 7.15. The summed E-state index contributed by atoms with van der Waals surface area (Å²) >= 11 is 0. The monoisotopic (exact) mass is 407 g/mol. The highest BCUT2D eigenvalue weighted by Gasteiger charge is 2.46. The lowest BCUT2D eigenvalue weighted by Gasteiger charge is -2.43. The molecule has 9 heteroatoms. The standard InChI is InChI=1S/C22H17N9/c23-5-4-22(10-14(11-22)12-24)31-7-3-17(30-31)21-16-2-1-6-26-19(16)9-18(28-21)15-8-20(25)29-27-13-15/h1-3,6-9,13-14H,4,10-11H2,(H2,25,29). The first-order valence-corrected chi connectivity index (χ1v) is 9.79. The number of anilines is 1. The van der Waals surface area contributed by atoms with Crippen molar-refractivity contribution in [3.8, 4) is 34.8 Å². The molecule has 0 radical (unpaired) electrons. The Balaban J connectivity index is 1.63. The molecule has 1 aliphatic carbocycles. The summed E-state index contributed by atoms with van der Waals surface area (Å²) in [6.45, 7) is 0. The molecule has 5 rings (SSSR count). The van der Waals surface area contributed by atoms with E-state index in [9.17, 15) is 10.5 Å². The second-order valence-corrected chi connectivity index (χ2v) is 7.73. The molecule has 2 N–H and O–H groups in total. The molecule has 0 aromatic carbocycles. The molecule has 0 aliphatic heterocycles. The topological polar surface area (TPSA) is 143 Å². The highest BCUT2D eigenvalue weighted by Crippen LogP contribution is 2.46. The first-order chi connectivity index (χ1) is 15.1. The van der Waals surface area contributed by atoms with Crippen LogP contribution in [0.3, 0.4) is 0 Å². The van der Waals surface area contributed by atoms with Crippen LogP contribution in [0.25, 0.3) is 33.5 Å². The zero-order valence-electron chi connectivity index (χ0n) is 16.5. The van der Waals surface area contributed by atoms with E-state index in [2.05, 4.69) is 27.3 Å². The Morgan fingerprint density at radius 1 is 1.19 bits per heavy atom. The van der Waals surface area contributed by atoms with E-state index >= 15 is 0 Å². The third-order valence-electron chi connectivity index (χ3n) is 5.73. The van der Waals surface area contributed by atoms with Crippen LogP contribution in [0, 0.1) is 28.6 Å². The van der Waals surface area contributed by atoms with Crippen molar-refractivity contribution in [1.82, 2.24) is 29.9 Å². The number of fused-ring (bicyclic) bond motifs is 1. The molecule has 0 unspecified atom stereocenters. The van der Waals surface area contributed by atoms with Gasteiger partial charge < -0.3 is 5.73 Å². The largest absolute Gasteiger partial charge is 0.382 e. The maximum absolute atomic E-state index is 9.32. The van der Waals surface area contributed by atoms with Crippen molar-refractivity contribution in [3.05, 3.63) is 48.9 Å². The van der Waals surface area contributed by atoms with Gasteiger partial charge in [-0.15, -0.1) is 5.10 Å². The number of rotatable bonds is 4. The second-order valence-electron chi connectivity index (χ2n) is 7.73. The average molecular weight is 407 g/mol. The minimum atomic E-state index is -0.442. The van der Waals surface area contributed by atoms with Crippen molar-refractivity contribution < 1.29 is 0 Å². The third kappa shape index (κ3) is 3.13. The van der Waals surface area contributed by atoms with E-state index in [1.54, 1.807) is 18.5 Å². The maximum Gasteiger partial charge on any atom is 0.146 e. The molecule has 0 bridgehead atoms. The zero-order chi connectivity index (χ0) is 21.4. The Hall–Kier alpha value is -4.37.